The summed E-state index contributed by atoms with van der Waals surface area (Å²) in [6, 6.07) is 22.2. The van der Waals surface area contributed by atoms with Gasteiger partial charge in [0.15, 0.2) is 0 Å². The number of rotatable bonds is 7. The van der Waals surface area contributed by atoms with Crippen LogP contribution in [-0.2, 0) is 15.8 Å². The van der Waals surface area contributed by atoms with Gasteiger partial charge in [-0.05, 0) is 35.7 Å². The summed E-state index contributed by atoms with van der Waals surface area (Å²) in [5.74, 6) is 0.250. The first-order chi connectivity index (χ1) is 14.8. The lowest BCUT2D eigenvalue weighted by Gasteiger charge is -2.11. The lowest BCUT2D eigenvalue weighted by Crippen LogP contribution is -2.28. The van der Waals surface area contributed by atoms with Gasteiger partial charge in [-0.2, -0.15) is 13.5 Å². The fourth-order valence-corrected chi connectivity index (χ4v) is 5.27. The van der Waals surface area contributed by atoms with Crippen LogP contribution in [0.5, 0.6) is 0 Å². The van der Waals surface area contributed by atoms with E-state index < -0.39 is 10.0 Å². The molecule has 3 N–H and O–H groups in total. The number of sulfonamides is 1. The fraction of sp³-hybridized carbons (Fsp3) is 0.0909. The van der Waals surface area contributed by atoms with Crippen LogP contribution in [0.1, 0.15) is 16.7 Å². The van der Waals surface area contributed by atoms with Crippen molar-refractivity contribution < 1.29 is 8.42 Å². The smallest absolute Gasteiger partial charge is 0.286 e. The van der Waals surface area contributed by atoms with E-state index >= 15 is 0 Å². The minimum Gasteiger partial charge on any atom is -0.368 e. The van der Waals surface area contributed by atoms with Crippen molar-refractivity contribution in [1.29, 1.82) is 0 Å². The van der Waals surface area contributed by atoms with Gasteiger partial charge in [-0.25, -0.2) is 5.43 Å². The number of nitrogens with two attached hydrogens (primary N) is 1. The first kappa shape index (κ1) is 22.9. The van der Waals surface area contributed by atoms with Gasteiger partial charge in [0, 0.05) is 15.7 Å². The molecule has 0 spiro atoms. The summed E-state index contributed by atoms with van der Waals surface area (Å²) >= 11 is 7.62. The van der Waals surface area contributed by atoms with Gasteiger partial charge in [-0.15, -0.1) is 16.2 Å². The first-order valence-corrected chi connectivity index (χ1v) is 12.1. The zero-order chi connectivity index (χ0) is 22.3. The minimum atomic E-state index is -4.08. The number of hydrogen-bond acceptors (Lipinski definition) is 4. The molecule has 3 rings (SSSR count). The highest BCUT2D eigenvalue weighted by atomic mass is 35.5. The van der Waals surface area contributed by atoms with Gasteiger partial charge in [-0.1, -0.05) is 72.3 Å². The Morgan fingerprint density at radius 2 is 1.74 bits per heavy atom. The van der Waals surface area contributed by atoms with E-state index in [-0.39, 0.29) is 10.9 Å². The fourth-order valence-electron chi connectivity index (χ4n) is 2.60. The van der Waals surface area contributed by atoms with Crippen LogP contribution in [0, 0.1) is 6.92 Å². The van der Waals surface area contributed by atoms with Crippen molar-refractivity contribution >= 4 is 45.6 Å². The highest BCUT2D eigenvalue weighted by molar-refractivity contribution is 7.99. The second-order valence-electron chi connectivity index (χ2n) is 6.55. The Morgan fingerprint density at radius 1 is 1.10 bits per heavy atom. The topological polar surface area (TPSA) is 96.9 Å². The predicted molar refractivity (Wildman–Crippen MR) is 128 cm³/mol. The second-order valence-corrected chi connectivity index (χ2v) is 9.55. The van der Waals surface area contributed by atoms with Gasteiger partial charge < -0.3 is 5.73 Å². The van der Waals surface area contributed by atoms with Gasteiger partial charge in [0.05, 0.1) is 6.21 Å². The lowest BCUT2D eigenvalue weighted by molar-refractivity contribution is 0.595. The Hall–Kier alpha value is -2.81. The summed E-state index contributed by atoms with van der Waals surface area (Å²) in [6.45, 7) is 1.74. The number of hydrazone groups is 1. The summed E-state index contributed by atoms with van der Waals surface area (Å²) in [5, 5.41) is 4.41. The van der Waals surface area contributed by atoms with E-state index in [1.165, 1.54) is 24.0 Å². The summed E-state index contributed by atoms with van der Waals surface area (Å²) in [6.07, 6.45) is 1.52. The number of nitrogens with one attached hydrogen (secondary N) is 1. The van der Waals surface area contributed by atoms with Crippen LogP contribution in [0.25, 0.3) is 0 Å². The standard InChI is InChI=1S/C22H21ClN4O2S2/c1-16-12-21(20(13-19(16)23)30-15-18-10-6-3-7-11-18)31(28,29)27-22(24)26-25-14-17-8-4-2-5-9-17/h2-14H,15H2,1H3,(H3,24,26,27)/b25-14+. The molecule has 0 amide bonds. The molecule has 0 heterocycles. The molecule has 0 aliphatic carbocycles. The molecule has 3 aromatic carbocycles. The molecule has 0 aliphatic heterocycles. The van der Waals surface area contributed by atoms with E-state index in [0.717, 1.165) is 11.1 Å². The highest BCUT2D eigenvalue weighted by Crippen LogP contribution is 2.34. The van der Waals surface area contributed by atoms with E-state index in [0.29, 0.717) is 21.2 Å². The summed E-state index contributed by atoms with van der Waals surface area (Å²) < 4.78 is 29.6. The van der Waals surface area contributed by atoms with Crippen LogP contribution in [0.2, 0.25) is 5.02 Å². The van der Waals surface area contributed by atoms with Crippen LogP contribution in [-0.4, -0.2) is 20.6 Å². The molecule has 9 heteroatoms. The van der Waals surface area contributed by atoms with Crippen LogP contribution in [0.3, 0.4) is 0 Å². The van der Waals surface area contributed by atoms with Crippen molar-refractivity contribution in [2.45, 2.75) is 22.5 Å². The predicted octanol–water partition coefficient (Wildman–Crippen LogP) is 4.57. The zero-order valence-corrected chi connectivity index (χ0v) is 19.1. The second kappa shape index (κ2) is 10.5. The quantitative estimate of drug-likeness (QED) is 0.227. The average Bonchev–Trinajstić information content (AvgIpc) is 2.75. The Morgan fingerprint density at radius 3 is 2.42 bits per heavy atom. The third kappa shape index (κ3) is 6.58. The maximum absolute atomic E-state index is 13.0. The molecule has 160 valence electrons. The summed E-state index contributed by atoms with van der Waals surface area (Å²) in [7, 11) is -4.08. The number of nitrogens with zero attached hydrogens (tertiary/aromatic N) is 2. The van der Waals surface area contributed by atoms with Crippen molar-refractivity contribution in [2.24, 2.45) is 15.2 Å². The van der Waals surface area contributed by atoms with Gasteiger partial charge in [0.25, 0.3) is 10.0 Å². The molecule has 0 fully saturated rings. The molecular weight excluding hydrogens is 452 g/mol. The lowest BCUT2D eigenvalue weighted by atomic mass is 10.2. The Kier molecular flexibility index (Phi) is 7.73. The van der Waals surface area contributed by atoms with Crippen LogP contribution in [0.4, 0.5) is 0 Å². The number of guanidine groups is 1. The van der Waals surface area contributed by atoms with Crippen molar-refractivity contribution in [3.05, 3.63) is 94.5 Å². The van der Waals surface area contributed by atoms with Gasteiger partial charge in [-0.3, -0.25) is 0 Å². The zero-order valence-electron chi connectivity index (χ0n) is 16.7. The minimum absolute atomic E-state index is 0.0483. The van der Waals surface area contributed by atoms with E-state index in [1.807, 2.05) is 60.7 Å². The Bertz CT molecular complexity index is 1200. The molecule has 0 aromatic heterocycles. The van der Waals surface area contributed by atoms with Gasteiger partial charge in [0.2, 0.25) is 5.96 Å². The molecule has 0 bridgehead atoms. The van der Waals surface area contributed by atoms with E-state index in [4.69, 9.17) is 17.3 Å². The van der Waals surface area contributed by atoms with Crippen LogP contribution < -0.4 is 11.2 Å². The molecule has 0 atom stereocenters. The van der Waals surface area contributed by atoms with E-state index in [9.17, 15) is 8.42 Å². The monoisotopic (exact) mass is 472 g/mol. The summed E-state index contributed by atoms with van der Waals surface area (Å²) in [4.78, 5) is 0.552. The maximum atomic E-state index is 13.0. The third-order valence-electron chi connectivity index (χ3n) is 4.15. The molecule has 0 aliphatic rings. The molecule has 6 nitrogen and oxygen atoms in total. The van der Waals surface area contributed by atoms with Crippen LogP contribution >= 0.6 is 23.4 Å². The molecule has 31 heavy (non-hydrogen) atoms. The molecule has 0 saturated carbocycles. The molecule has 0 unspecified atom stereocenters. The summed E-state index contributed by atoms with van der Waals surface area (Å²) in [5.41, 5.74) is 10.7. The molecular formula is C22H21ClN4O2S2. The van der Waals surface area contributed by atoms with Crippen molar-refractivity contribution in [3.63, 3.8) is 0 Å². The van der Waals surface area contributed by atoms with E-state index in [2.05, 4.69) is 14.9 Å². The number of aryl methyl sites for hydroxylation is 1. The maximum Gasteiger partial charge on any atom is 0.286 e. The normalized spacial score (nSPS) is 12.3. The number of thioether (sulfide) groups is 1. The Balaban J connectivity index is 1.82. The highest BCUT2D eigenvalue weighted by Gasteiger charge is 2.21. The van der Waals surface area contributed by atoms with Crippen LogP contribution in [0.15, 0.2) is 92.1 Å². The molecule has 0 radical (unpaired) electrons. The number of benzene rings is 3. The van der Waals surface area contributed by atoms with Crippen molar-refractivity contribution in [3.8, 4) is 0 Å². The number of halogens is 1. The SMILES string of the molecule is Cc1cc(S(=O)(=O)/N=C(/N)N/N=C/c2ccccc2)c(SCc2ccccc2)cc1Cl. The average molecular weight is 473 g/mol. The molecule has 0 saturated heterocycles. The largest absolute Gasteiger partial charge is 0.368 e. The molecule has 3 aromatic rings. The third-order valence-corrected chi connectivity index (χ3v) is 7.14. The van der Waals surface area contributed by atoms with Crippen molar-refractivity contribution in [2.75, 3.05) is 0 Å². The van der Waals surface area contributed by atoms with Crippen molar-refractivity contribution in [1.82, 2.24) is 5.43 Å². The van der Waals surface area contributed by atoms with Gasteiger partial charge in [0.1, 0.15) is 4.90 Å². The first-order valence-electron chi connectivity index (χ1n) is 9.26. The number of hydrogen-bond donors (Lipinski definition) is 2. The Labute approximate surface area is 191 Å². The van der Waals surface area contributed by atoms with E-state index in [1.54, 1.807) is 13.0 Å². The van der Waals surface area contributed by atoms with Gasteiger partial charge >= 0.3 is 0 Å².